The van der Waals surface area contributed by atoms with Crippen LogP contribution in [-0.4, -0.2) is 12.1 Å². The van der Waals surface area contributed by atoms with Crippen LogP contribution in [-0.2, 0) is 6.42 Å². The largest absolute Gasteiger partial charge is 0.312 e. The van der Waals surface area contributed by atoms with Crippen molar-refractivity contribution in [1.82, 2.24) is 5.32 Å². The Morgan fingerprint density at radius 3 is 2.50 bits per heavy atom. The number of rotatable bonds is 4. The molecule has 0 heterocycles. The summed E-state index contributed by atoms with van der Waals surface area (Å²) in [7, 11) is 0. The normalized spacial score (nSPS) is 23.8. The molecule has 2 heteroatoms. The van der Waals surface area contributed by atoms with Crippen molar-refractivity contribution in [3.63, 3.8) is 0 Å². The molecule has 1 nitrogen and oxygen atoms in total. The van der Waals surface area contributed by atoms with Crippen molar-refractivity contribution < 1.29 is 0 Å². The Bertz CT molecular complexity index is 394. The van der Waals surface area contributed by atoms with E-state index in [1.54, 1.807) is 0 Å². The summed E-state index contributed by atoms with van der Waals surface area (Å²) < 4.78 is 1.20. The van der Waals surface area contributed by atoms with Crippen molar-refractivity contribution in [2.45, 2.75) is 45.6 Å². The van der Waals surface area contributed by atoms with E-state index in [2.05, 4.69) is 66.3 Å². The van der Waals surface area contributed by atoms with Crippen molar-refractivity contribution in [1.29, 1.82) is 0 Å². The molecule has 0 spiro atoms. The molecule has 2 unspecified atom stereocenters. The Labute approximate surface area is 119 Å². The molecule has 0 saturated heterocycles. The van der Waals surface area contributed by atoms with Gasteiger partial charge in [0.2, 0.25) is 0 Å². The monoisotopic (exact) mass is 309 g/mol. The third-order valence-electron chi connectivity index (χ3n) is 3.86. The molecule has 0 aliphatic heterocycles. The van der Waals surface area contributed by atoms with Gasteiger partial charge in [-0.3, -0.25) is 0 Å². The first-order valence-corrected chi connectivity index (χ1v) is 7.73. The SMILES string of the molecule is CC(C)(C)NCC1CCC1Cc1cccc(Br)c1. The smallest absolute Gasteiger partial charge is 0.0177 e. The molecule has 18 heavy (non-hydrogen) atoms. The summed E-state index contributed by atoms with van der Waals surface area (Å²) in [6.07, 6.45) is 4.01. The van der Waals surface area contributed by atoms with Gasteiger partial charge in [0.15, 0.2) is 0 Å². The van der Waals surface area contributed by atoms with Crippen LogP contribution in [0, 0.1) is 11.8 Å². The van der Waals surface area contributed by atoms with Crippen LogP contribution in [0.4, 0.5) is 0 Å². The molecule has 1 fully saturated rings. The fourth-order valence-electron chi connectivity index (χ4n) is 2.58. The molecule has 1 aliphatic carbocycles. The Morgan fingerprint density at radius 1 is 1.22 bits per heavy atom. The number of halogens is 1. The average molecular weight is 310 g/mol. The van der Waals surface area contributed by atoms with Gasteiger partial charge in [0.05, 0.1) is 0 Å². The highest BCUT2D eigenvalue weighted by molar-refractivity contribution is 9.10. The van der Waals surface area contributed by atoms with Crippen LogP contribution in [0.3, 0.4) is 0 Å². The predicted molar refractivity (Wildman–Crippen MR) is 81.8 cm³/mol. The van der Waals surface area contributed by atoms with Crippen LogP contribution in [0.15, 0.2) is 28.7 Å². The maximum absolute atomic E-state index is 3.64. The fraction of sp³-hybridized carbons (Fsp3) is 0.625. The lowest BCUT2D eigenvalue weighted by Gasteiger charge is -2.39. The summed E-state index contributed by atoms with van der Waals surface area (Å²) in [5.41, 5.74) is 1.71. The predicted octanol–water partition coefficient (Wildman–Crippen LogP) is 4.41. The third kappa shape index (κ3) is 4.10. The van der Waals surface area contributed by atoms with Gasteiger partial charge in [0.1, 0.15) is 0 Å². The summed E-state index contributed by atoms with van der Waals surface area (Å²) in [5, 5.41) is 3.64. The molecule has 1 aromatic carbocycles. The summed E-state index contributed by atoms with van der Waals surface area (Å²) in [5.74, 6) is 1.73. The van der Waals surface area contributed by atoms with Crippen molar-refractivity contribution in [3.8, 4) is 0 Å². The van der Waals surface area contributed by atoms with Gasteiger partial charge in [-0.15, -0.1) is 0 Å². The first-order valence-electron chi connectivity index (χ1n) is 6.93. The zero-order chi connectivity index (χ0) is 13.2. The Hall–Kier alpha value is -0.340. The van der Waals surface area contributed by atoms with E-state index in [-0.39, 0.29) is 5.54 Å². The number of hydrogen-bond acceptors (Lipinski definition) is 1. The highest BCUT2D eigenvalue weighted by Gasteiger charge is 2.31. The maximum atomic E-state index is 3.64. The van der Waals surface area contributed by atoms with Gasteiger partial charge < -0.3 is 5.32 Å². The quantitative estimate of drug-likeness (QED) is 0.869. The lowest BCUT2D eigenvalue weighted by atomic mass is 9.70. The molecule has 0 aromatic heterocycles. The molecule has 1 saturated carbocycles. The van der Waals surface area contributed by atoms with Gasteiger partial charge in [-0.2, -0.15) is 0 Å². The number of benzene rings is 1. The summed E-state index contributed by atoms with van der Waals surface area (Å²) in [6.45, 7) is 7.90. The summed E-state index contributed by atoms with van der Waals surface area (Å²) in [6, 6.07) is 8.74. The molecular formula is C16H24BrN. The van der Waals surface area contributed by atoms with E-state index in [4.69, 9.17) is 0 Å². The lowest BCUT2D eigenvalue weighted by molar-refractivity contribution is 0.159. The lowest BCUT2D eigenvalue weighted by Crippen LogP contribution is -2.44. The van der Waals surface area contributed by atoms with Crippen molar-refractivity contribution in [2.24, 2.45) is 11.8 Å². The molecule has 1 N–H and O–H groups in total. The second-order valence-corrected chi connectivity index (χ2v) is 7.48. The van der Waals surface area contributed by atoms with Gasteiger partial charge in [0, 0.05) is 10.0 Å². The van der Waals surface area contributed by atoms with Crippen molar-refractivity contribution in [2.75, 3.05) is 6.54 Å². The summed E-state index contributed by atoms with van der Waals surface area (Å²) in [4.78, 5) is 0. The van der Waals surface area contributed by atoms with E-state index in [1.807, 2.05) is 0 Å². The Balaban J connectivity index is 1.84. The second-order valence-electron chi connectivity index (χ2n) is 6.56. The van der Waals surface area contributed by atoms with E-state index in [0.29, 0.717) is 0 Å². The molecule has 0 amide bonds. The highest BCUT2D eigenvalue weighted by atomic mass is 79.9. The number of hydrogen-bond donors (Lipinski definition) is 1. The van der Waals surface area contributed by atoms with Crippen LogP contribution >= 0.6 is 15.9 Å². The standard InChI is InChI=1S/C16H24BrN/c1-16(2,3)18-11-14-8-7-13(14)9-12-5-4-6-15(17)10-12/h4-6,10,13-14,18H,7-9,11H2,1-3H3. The van der Waals surface area contributed by atoms with E-state index in [0.717, 1.165) is 11.8 Å². The zero-order valence-electron chi connectivity index (χ0n) is 11.7. The maximum Gasteiger partial charge on any atom is 0.0177 e. The minimum atomic E-state index is 0.246. The van der Waals surface area contributed by atoms with Crippen LogP contribution in [0.5, 0.6) is 0 Å². The van der Waals surface area contributed by atoms with E-state index < -0.39 is 0 Å². The first-order chi connectivity index (χ1) is 8.44. The van der Waals surface area contributed by atoms with Gasteiger partial charge in [-0.25, -0.2) is 0 Å². The molecule has 100 valence electrons. The minimum absolute atomic E-state index is 0.246. The van der Waals surface area contributed by atoms with Gasteiger partial charge >= 0.3 is 0 Å². The van der Waals surface area contributed by atoms with Crippen LogP contribution < -0.4 is 5.32 Å². The van der Waals surface area contributed by atoms with E-state index in [9.17, 15) is 0 Å². The second kappa shape index (κ2) is 5.75. The zero-order valence-corrected chi connectivity index (χ0v) is 13.3. The molecule has 1 aromatic rings. The van der Waals surface area contributed by atoms with Crippen LogP contribution in [0.1, 0.15) is 39.2 Å². The van der Waals surface area contributed by atoms with E-state index >= 15 is 0 Å². The average Bonchev–Trinajstić information content (AvgIpc) is 2.23. The number of nitrogens with one attached hydrogen (secondary N) is 1. The Morgan fingerprint density at radius 2 is 1.94 bits per heavy atom. The first kappa shape index (κ1) is 14.1. The molecular weight excluding hydrogens is 286 g/mol. The van der Waals surface area contributed by atoms with E-state index in [1.165, 1.54) is 35.8 Å². The Kier molecular flexibility index (Phi) is 4.50. The minimum Gasteiger partial charge on any atom is -0.312 e. The van der Waals surface area contributed by atoms with Crippen LogP contribution in [0.25, 0.3) is 0 Å². The third-order valence-corrected chi connectivity index (χ3v) is 4.35. The molecule has 0 bridgehead atoms. The molecule has 2 atom stereocenters. The van der Waals surface area contributed by atoms with Crippen LogP contribution in [0.2, 0.25) is 0 Å². The summed E-state index contributed by atoms with van der Waals surface area (Å²) >= 11 is 3.55. The fourth-order valence-corrected chi connectivity index (χ4v) is 3.03. The molecule has 2 rings (SSSR count). The van der Waals surface area contributed by atoms with Gasteiger partial charge in [-0.05, 0) is 76.1 Å². The van der Waals surface area contributed by atoms with Crippen molar-refractivity contribution in [3.05, 3.63) is 34.3 Å². The molecule has 1 aliphatic rings. The van der Waals surface area contributed by atoms with Gasteiger partial charge in [0.25, 0.3) is 0 Å². The van der Waals surface area contributed by atoms with Crippen molar-refractivity contribution >= 4 is 15.9 Å². The topological polar surface area (TPSA) is 12.0 Å². The highest BCUT2D eigenvalue weighted by Crippen LogP contribution is 2.36. The molecule has 0 radical (unpaired) electrons. The van der Waals surface area contributed by atoms with Gasteiger partial charge in [-0.1, -0.05) is 28.1 Å².